The summed E-state index contributed by atoms with van der Waals surface area (Å²) in [6.07, 6.45) is 3.57. The molecular weight excluding hydrogens is 384 g/mol. The second-order valence-electron chi connectivity index (χ2n) is 6.50. The molecule has 0 aromatic heterocycles. The third-order valence-corrected chi connectivity index (χ3v) is 4.28. The van der Waals surface area contributed by atoms with Crippen LogP contribution >= 0.6 is 0 Å². The fraction of sp³-hybridized carbons (Fsp3) is 0.174. The van der Waals surface area contributed by atoms with E-state index in [4.69, 9.17) is 9.47 Å². The Labute approximate surface area is 174 Å². The van der Waals surface area contributed by atoms with Crippen molar-refractivity contribution in [2.45, 2.75) is 20.3 Å². The lowest BCUT2D eigenvalue weighted by atomic mass is 10.0. The Morgan fingerprint density at radius 3 is 2.57 bits per heavy atom. The molecule has 1 aliphatic rings. The van der Waals surface area contributed by atoms with Gasteiger partial charge in [0, 0.05) is 12.5 Å². The molecule has 0 spiro atoms. The van der Waals surface area contributed by atoms with Crippen molar-refractivity contribution in [1.29, 1.82) is 0 Å². The fourth-order valence-electron chi connectivity index (χ4n) is 3.08. The van der Waals surface area contributed by atoms with Crippen molar-refractivity contribution in [2.24, 2.45) is 0 Å². The first-order valence-corrected chi connectivity index (χ1v) is 9.45. The van der Waals surface area contributed by atoms with Gasteiger partial charge < -0.3 is 9.47 Å². The number of esters is 1. The Morgan fingerprint density at radius 1 is 1.20 bits per heavy atom. The maximum absolute atomic E-state index is 12.8. The Hall–Kier alpha value is -3.87. The maximum Gasteiger partial charge on any atom is 0.308 e. The van der Waals surface area contributed by atoms with Crippen LogP contribution in [0.15, 0.2) is 60.7 Å². The lowest BCUT2D eigenvalue weighted by Gasteiger charge is -2.15. The molecule has 1 N–H and O–H groups in total. The van der Waals surface area contributed by atoms with E-state index in [0.717, 1.165) is 0 Å². The predicted molar refractivity (Wildman–Crippen MR) is 113 cm³/mol. The van der Waals surface area contributed by atoms with Gasteiger partial charge in [-0.2, -0.15) is 0 Å². The second-order valence-corrected chi connectivity index (χ2v) is 6.50. The highest BCUT2D eigenvalue weighted by Crippen LogP contribution is 2.35. The van der Waals surface area contributed by atoms with Crippen LogP contribution in [0.4, 0.5) is 5.69 Å². The quantitative estimate of drug-likeness (QED) is 0.251. The minimum Gasteiger partial charge on any atom is -0.490 e. The molecule has 154 valence electrons. The van der Waals surface area contributed by atoms with Gasteiger partial charge in [0.1, 0.15) is 5.57 Å². The van der Waals surface area contributed by atoms with Gasteiger partial charge >= 0.3 is 5.97 Å². The van der Waals surface area contributed by atoms with Crippen molar-refractivity contribution < 1.29 is 23.9 Å². The van der Waals surface area contributed by atoms with Crippen LogP contribution in [0.1, 0.15) is 25.0 Å². The van der Waals surface area contributed by atoms with Crippen LogP contribution in [-0.4, -0.2) is 24.4 Å². The van der Waals surface area contributed by atoms with Crippen molar-refractivity contribution in [2.75, 3.05) is 11.6 Å². The summed E-state index contributed by atoms with van der Waals surface area (Å²) < 4.78 is 11.0. The summed E-state index contributed by atoms with van der Waals surface area (Å²) in [4.78, 5) is 36.8. The molecule has 7 nitrogen and oxygen atoms in total. The minimum atomic E-state index is -0.504. The number of benzene rings is 2. The van der Waals surface area contributed by atoms with Crippen LogP contribution in [-0.2, 0) is 20.8 Å². The van der Waals surface area contributed by atoms with Crippen molar-refractivity contribution in [3.8, 4) is 11.5 Å². The Morgan fingerprint density at radius 2 is 1.93 bits per heavy atom. The molecule has 0 saturated carbocycles. The molecule has 2 amide bonds. The van der Waals surface area contributed by atoms with Crippen molar-refractivity contribution in [3.63, 3.8) is 0 Å². The predicted octanol–water partition coefficient (Wildman–Crippen LogP) is 3.20. The molecule has 0 radical (unpaired) electrons. The summed E-state index contributed by atoms with van der Waals surface area (Å²) in [5.41, 5.74) is 4.35. The summed E-state index contributed by atoms with van der Waals surface area (Å²) in [6, 6.07) is 12.2. The number of allylic oxidation sites excluding steroid dienone is 1. The van der Waals surface area contributed by atoms with Crippen LogP contribution in [0.2, 0.25) is 0 Å². The van der Waals surface area contributed by atoms with Gasteiger partial charge in [-0.3, -0.25) is 19.8 Å². The molecule has 0 atom stereocenters. The van der Waals surface area contributed by atoms with Crippen molar-refractivity contribution in [3.05, 3.63) is 71.8 Å². The topological polar surface area (TPSA) is 84.9 Å². The number of para-hydroxylation sites is 1. The molecule has 1 saturated heterocycles. The first-order valence-electron chi connectivity index (χ1n) is 9.45. The largest absolute Gasteiger partial charge is 0.490 e. The molecule has 0 unspecified atom stereocenters. The number of hydrogen-bond donors (Lipinski definition) is 1. The van der Waals surface area contributed by atoms with E-state index >= 15 is 0 Å². The van der Waals surface area contributed by atoms with E-state index in [1.807, 2.05) is 13.0 Å². The van der Waals surface area contributed by atoms with Crippen LogP contribution < -0.4 is 19.9 Å². The van der Waals surface area contributed by atoms with E-state index in [2.05, 4.69) is 12.0 Å². The zero-order valence-corrected chi connectivity index (χ0v) is 16.8. The van der Waals surface area contributed by atoms with Crippen LogP contribution in [0.3, 0.4) is 0 Å². The SMILES string of the molecule is C=CCc1cc(/C=C2/C(=O)NN(c3ccccc3)C2=O)cc(OCC)c1OC(C)=O. The first-order chi connectivity index (χ1) is 14.4. The van der Waals surface area contributed by atoms with E-state index in [-0.39, 0.29) is 5.57 Å². The van der Waals surface area contributed by atoms with Crippen LogP contribution in [0.25, 0.3) is 6.08 Å². The zero-order valence-electron chi connectivity index (χ0n) is 16.8. The molecule has 0 bridgehead atoms. The number of carbonyl (C=O) groups is 3. The number of hydrogen-bond acceptors (Lipinski definition) is 5. The van der Waals surface area contributed by atoms with E-state index in [0.29, 0.717) is 41.3 Å². The molecule has 0 aliphatic carbocycles. The third-order valence-electron chi connectivity index (χ3n) is 4.28. The number of ether oxygens (including phenoxy) is 2. The van der Waals surface area contributed by atoms with Gasteiger partial charge in [-0.15, -0.1) is 6.58 Å². The summed E-state index contributed by atoms with van der Waals surface area (Å²) in [7, 11) is 0. The maximum atomic E-state index is 12.8. The molecule has 7 heteroatoms. The second kappa shape index (κ2) is 9.09. The Balaban J connectivity index is 2.03. The molecule has 3 rings (SSSR count). The average Bonchev–Trinajstić information content (AvgIpc) is 2.99. The highest BCUT2D eigenvalue weighted by Gasteiger charge is 2.34. The molecule has 30 heavy (non-hydrogen) atoms. The molecule has 2 aromatic rings. The fourth-order valence-corrected chi connectivity index (χ4v) is 3.08. The number of hydrazine groups is 1. The molecule has 1 fully saturated rings. The molecule has 1 heterocycles. The normalized spacial score (nSPS) is 14.6. The average molecular weight is 406 g/mol. The highest BCUT2D eigenvalue weighted by atomic mass is 16.6. The number of nitrogens with one attached hydrogen (secondary N) is 1. The van der Waals surface area contributed by atoms with Gasteiger partial charge in [0.2, 0.25) is 0 Å². The van der Waals surface area contributed by atoms with E-state index in [1.165, 1.54) is 18.0 Å². The van der Waals surface area contributed by atoms with Gasteiger partial charge in [-0.05, 0) is 49.2 Å². The number of carbonyl (C=O) groups excluding carboxylic acids is 3. The lowest BCUT2D eigenvalue weighted by Crippen LogP contribution is -2.35. The number of rotatable bonds is 7. The molecular formula is C23H22N2O5. The van der Waals surface area contributed by atoms with Gasteiger partial charge in [0.15, 0.2) is 11.5 Å². The zero-order chi connectivity index (χ0) is 21.7. The van der Waals surface area contributed by atoms with Gasteiger partial charge in [0.25, 0.3) is 11.8 Å². The summed E-state index contributed by atoms with van der Waals surface area (Å²) in [5, 5.41) is 1.20. The van der Waals surface area contributed by atoms with Crippen LogP contribution in [0, 0.1) is 0 Å². The number of amides is 2. The Kier molecular flexibility index (Phi) is 6.32. The van der Waals surface area contributed by atoms with Gasteiger partial charge in [-0.25, -0.2) is 5.01 Å². The van der Waals surface area contributed by atoms with E-state index in [9.17, 15) is 14.4 Å². The van der Waals surface area contributed by atoms with Gasteiger partial charge in [-0.1, -0.05) is 24.3 Å². The highest BCUT2D eigenvalue weighted by molar-refractivity contribution is 6.31. The smallest absolute Gasteiger partial charge is 0.308 e. The minimum absolute atomic E-state index is 0.00825. The van der Waals surface area contributed by atoms with Gasteiger partial charge in [0.05, 0.1) is 12.3 Å². The van der Waals surface area contributed by atoms with E-state index in [1.54, 1.807) is 42.5 Å². The summed E-state index contributed by atoms with van der Waals surface area (Å²) >= 11 is 0. The summed E-state index contributed by atoms with van der Waals surface area (Å²) in [5.74, 6) is -0.782. The van der Waals surface area contributed by atoms with Crippen LogP contribution in [0.5, 0.6) is 11.5 Å². The summed E-state index contributed by atoms with van der Waals surface area (Å²) in [6.45, 7) is 7.20. The monoisotopic (exact) mass is 406 g/mol. The first kappa shape index (κ1) is 20.9. The number of anilines is 1. The standard InChI is InChI=1S/C23H22N2O5/c1-4-9-17-12-16(14-20(29-5-2)21(17)30-15(3)26)13-19-22(27)24-25(23(19)28)18-10-7-6-8-11-18/h4,6-8,10-14H,1,5,9H2,2-3H3,(H,24,27)/b19-13-. The van der Waals surface area contributed by atoms with Crippen molar-refractivity contribution in [1.82, 2.24) is 5.43 Å². The van der Waals surface area contributed by atoms with Crippen molar-refractivity contribution >= 4 is 29.5 Å². The Bertz CT molecular complexity index is 1030. The van der Waals surface area contributed by atoms with E-state index < -0.39 is 17.8 Å². The lowest BCUT2D eigenvalue weighted by molar-refractivity contribution is -0.132. The number of nitrogens with zero attached hydrogens (tertiary/aromatic N) is 1. The molecule has 2 aromatic carbocycles. The molecule has 1 aliphatic heterocycles. The third kappa shape index (κ3) is 4.41.